The van der Waals surface area contributed by atoms with Crippen molar-refractivity contribution < 1.29 is 80.2 Å². The van der Waals surface area contributed by atoms with Gasteiger partial charge in [-0.25, -0.2) is 9.13 Å². The molecule has 0 aliphatic rings. The second-order valence-electron chi connectivity index (χ2n) is 32.1. The summed E-state index contributed by atoms with van der Waals surface area (Å²) in [6.45, 7) is 11.9. The van der Waals surface area contributed by atoms with Gasteiger partial charge in [0.2, 0.25) is 0 Å². The first-order valence-corrected chi connectivity index (χ1v) is 47.7. The summed E-state index contributed by atoms with van der Waals surface area (Å²) in [6.07, 6.45) is 71.9. The summed E-state index contributed by atoms with van der Waals surface area (Å²) in [6, 6.07) is 0. The summed E-state index contributed by atoms with van der Waals surface area (Å²) < 4.78 is 68.8. The number of rotatable bonds is 84. The zero-order valence-electron chi connectivity index (χ0n) is 70.1. The molecule has 17 nitrogen and oxygen atoms in total. The minimum Gasteiger partial charge on any atom is -0.462 e. The number of hydrogen-bond donors (Lipinski definition) is 3. The predicted octanol–water partition coefficient (Wildman–Crippen LogP) is 26.4. The molecular weight excluding hydrogens is 1390 g/mol. The van der Waals surface area contributed by atoms with Gasteiger partial charge < -0.3 is 33.8 Å². The molecule has 0 aromatic heterocycles. The van der Waals surface area contributed by atoms with Crippen LogP contribution in [0.5, 0.6) is 0 Å². The lowest BCUT2D eigenvalue weighted by molar-refractivity contribution is -0.161. The molecule has 19 heteroatoms. The van der Waals surface area contributed by atoms with Crippen molar-refractivity contribution in [3.8, 4) is 0 Å². The van der Waals surface area contributed by atoms with Gasteiger partial charge in [0.25, 0.3) is 0 Å². The Kier molecular flexibility index (Phi) is 75.7. The van der Waals surface area contributed by atoms with E-state index in [4.69, 9.17) is 37.0 Å². The molecule has 0 aliphatic carbocycles. The summed E-state index contributed by atoms with van der Waals surface area (Å²) in [7, 11) is -9.94. The molecule has 0 heterocycles. The van der Waals surface area contributed by atoms with Gasteiger partial charge in [-0.1, -0.05) is 387 Å². The Morgan fingerprint density at radius 3 is 0.832 bits per heavy atom. The average Bonchev–Trinajstić information content (AvgIpc) is 0.903. The molecule has 0 radical (unpaired) electrons. The van der Waals surface area contributed by atoms with E-state index in [2.05, 4.69) is 72.8 Å². The fourth-order valence-electron chi connectivity index (χ4n) is 13.2. The first-order valence-electron chi connectivity index (χ1n) is 44.7. The third-order valence-corrected chi connectivity index (χ3v) is 22.3. The van der Waals surface area contributed by atoms with Crippen LogP contribution in [0.2, 0.25) is 0 Å². The van der Waals surface area contributed by atoms with Gasteiger partial charge in [-0.15, -0.1) is 0 Å². The molecule has 0 aromatic carbocycles. The number of aliphatic hydroxyl groups is 1. The third-order valence-electron chi connectivity index (χ3n) is 20.4. The lowest BCUT2D eigenvalue weighted by Gasteiger charge is -2.21. The van der Waals surface area contributed by atoms with Crippen LogP contribution in [0.25, 0.3) is 0 Å². The maximum Gasteiger partial charge on any atom is 0.472 e. The Morgan fingerprint density at radius 2 is 0.551 bits per heavy atom. The highest BCUT2D eigenvalue weighted by Gasteiger charge is 2.30. The average molecular weight is 1560 g/mol. The monoisotopic (exact) mass is 1560 g/mol. The molecule has 0 fully saturated rings. The molecule has 0 bridgehead atoms. The van der Waals surface area contributed by atoms with E-state index in [0.717, 1.165) is 127 Å². The fraction of sp³-hybridized carbons (Fsp3) is 0.909. The van der Waals surface area contributed by atoms with Crippen LogP contribution >= 0.6 is 15.6 Å². The number of ether oxygens (including phenoxy) is 4. The Labute approximate surface area is 656 Å². The molecule has 6 atom stereocenters. The van der Waals surface area contributed by atoms with E-state index in [1.165, 1.54) is 225 Å². The van der Waals surface area contributed by atoms with Crippen molar-refractivity contribution in [2.75, 3.05) is 39.6 Å². The lowest BCUT2D eigenvalue weighted by Crippen LogP contribution is -2.30. The summed E-state index contributed by atoms with van der Waals surface area (Å²) in [5, 5.41) is 10.7. The van der Waals surface area contributed by atoms with Crippen molar-refractivity contribution in [2.24, 2.45) is 17.8 Å². The van der Waals surface area contributed by atoms with Gasteiger partial charge in [-0.2, -0.15) is 0 Å². The molecule has 3 N–H and O–H groups in total. The normalized spacial score (nSPS) is 14.2. The quantitative estimate of drug-likeness (QED) is 0.0169. The van der Waals surface area contributed by atoms with Crippen LogP contribution in [-0.2, 0) is 65.4 Å². The minimum atomic E-state index is -4.97. The van der Waals surface area contributed by atoms with Gasteiger partial charge in [0.15, 0.2) is 12.2 Å². The first kappa shape index (κ1) is 105. The highest BCUT2D eigenvalue weighted by atomic mass is 31.2. The number of allylic oxidation sites excluding steroid dienone is 4. The SMILES string of the molecule is CCCCCC/C=C\C=C/CCCCCCCC(=O)OC[C@H](COP(=O)(O)OCC(O)COP(=O)(O)OC[C@@H](COC(=O)CCCCCCCCC(C)C)OC(=O)CCCCCCCCCCCCCCCCCCCCC(C)C)OC(=O)CCCCCCCCCCCCCCCCCCCCC(C)CC. The Hall–Kier alpha value is -2.46. The summed E-state index contributed by atoms with van der Waals surface area (Å²) in [5.41, 5.74) is 0. The van der Waals surface area contributed by atoms with Gasteiger partial charge in [-0.3, -0.25) is 37.3 Å². The fourth-order valence-corrected chi connectivity index (χ4v) is 14.7. The lowest BCUT2D eigenvalue weighted by atomic mass is 9.99. The Balaban J connectivity index is 5.20. The van der Waals surface area contributed by atoms with Gasteiger partial charge in [0.05, 0.1) is 26.4 Å². The van der Waals surface area contributed by atoms with Crippen molar-refractivity contribution in [2.45, 2.75) is 458 Å². The third kappa shape index (κ3) is 80.0. The topological polar surface area (TPSA) is 237 Å². The van der Waals surface area contributed by atoms with Crippen LogP contribution in [0.4, 0.5) is 0 Å². The maximum atomic E-state index is 13.1. The highest BCUT2D eigenvalue weighted by Crippen LogP contribution is 2.45. The summed E-state index contributed by atoms with van der Waals surface area (Å²) >= 11 is 0. The van der Waals surface area contributed by atoms with Crippen LogP contribution < -0.4 is 0 Å². The second-order valence-corrected chi connectivity index (χ2v) is 35.0. The number of esters is 4. The second kappa shape index (κ2) is 77.5. The summed E-state index contributed by atoms with van der Waals surface area (Å²) in [4.78, 5) is 73.2. The number of hydrogen-bond acceptors (Lipinski definition) is 15. The number of phosphoric ester groups is 2. The molecule has 632 valence electrons. The Bertz CT molecular complexity index is 2160. The van der Waals surface area contributed by atoms with E-state index >= 15 is 0 Å². The molecule has 0 saturated heterocycles. The van der Waals surface area contributed by atoms with E-state index in [-0.39, 0.29) is 25.7 Å². The molecule has 0 spiro atoms. The van der Waals surface area contributed by atoms with E-state index in [1.807, 2.05) is 0 Å². The number of carbonyl (C=O) groups is 4. The van der Waals surface area contributed by atoms with Crippen LogP contribution in [0, 0.1) is 17.8 Å². The number of phosphoric acid groups is 2. The standard InChI is InChI=1S/C88H168O17P2/c1-8-10-11-12-13-14-15-16-25-32-37-42-47-55-62-69-85(90)98-75-83(104-87(92)71-64-57-49-44-39-34-29-24-20-18-22-27-31-36-41-46-54-61-68-81(7)9-2)77-102-106(94,95)100-73-82(89)74-101-107(96,97)103-78-84(76-99-86(91)70-63-56-51-50-53-60-67-80(5)6)105-88(93)72-65-58-48-43-38-33-28-23-19-17-21-26-30-35-40-45-52-59-66-79(3)4/h14-16,25,79-84,89H,8-13,17-24,26-78H2,1-7H3,(H,94,95)(H,96,97)/b15-14-,25-16-/t81?,82?,83-,84-/m1/s1. The molecule has 0 aliphatic heterocycles. The maximum absolute atomic E-state index is 13.1. The van der Waals surface area contributed by atoms with Gasteiger partial charge >= 0.3 is 39.5 Å². The Morgan fingerprint density at radius 1 is 0.308 bits per heavy atom. The van der Waals surface area contributed by atoms with Gasteiger partial charge in [-0.05, 0) is 69.1 Å². The van der Waals surface area contributed by atoms with Crippen molar-refractivity contribution in [1.82, 2.24) is 0 Å². The van der Waals surface area contributed by atoms with Crippen LogP contribution in [0.1, 0.15) is 440 Å². The zero-order valence-corrected chi connectivity index (χ0v) is 71.9. The van der Waals surface area contributed by atoms with E-state index in [9.17, 15) is 43.2 Å². The number of carbonyl (C=O) groups excluding carboxylic acids is 4. The minimum absolute atomic E-state index is 0.101. The first-order chi connectivity index (χ1) is 51.8. The number of unbranched alkanes of at least 4 members (excludes halogenated alkanes) is 48. The van der Waals surface area contributed by atoms with Crippen LogP contribution in [0.3, 0.4) is 0 Å². The predicted molar refractivity (Wildman–Crippen MR) is 441 cm³/mol. The van der Waals surface area contributed by atoms with Crippen molar-refractivity contribution in [3.05, 3.63) is 24.3 Å². The molecule has 4 unspecified atom stereocenters. The van der Waals surface area contributed by atoms with Gasteiger partial charge in [0, 0.05) is 25.7 Å². The molecule has 107 heavy (non-hydrogen) atoms. The zero-order chi connectivity index (χ0) is 78.6. The van der Waals surface area contributed by atoms with E-state index in [1.54, 1.807) is 0 Å². The van der Waals surface area contributed by atoms with Crippen molar-refractivity contribution >= 4 is 39.5 Å². The largest absolute Gasteiger partial charge is 0.472 e. The molecule has 0 saturated carbocycles. The van der Waals surface area contributed by atoms with Crippen molar-refractivity contribution in [1.29, 1.82) is 0 Å². The molecule has 0 amide bonds. The number of aliphatic hydroxyl groups excluding tert-OH is 1. The van der Waals surface area contributed by atoms with Crippen LogP contribution in [-0.4, -0.2) is 96.7 Å². The van der Waals surface area contributed by atoms with Crippen LogP contribution in [0.15, 0.2) is 24.3 Å². The van der Waals surface area contributed by atoms with E-state index < -0.39 is 97.5 Å². The van der Waals surface area contributed by atoms with Gasteiger partial charge in [0.1, 0.15) is 19.3 Å². The molecular formula is C88H168O17P2. The van der Waals surface area contributed by atoms with E-state index in [0.29, 0.717) is 31.6 Å². The molecule has 0 rings (SSSR count). The van der Waals surface area contributed by atoms with Crippen molar-refractivity contribution in [3.63, 3.8) is 0 Å². The highest BCUT2D eigenvalue weighted by molar-refractivity contribution is 7.47. The smallest absolute Gasteiger partial charge is 0.462 e. The molecule has 0 aromatic rings. The summed E-state index contributed by atoms with van der Waals surface area (Å²) in [5.74, 6) is 0.230.